The number of halogens is 2. The summed E-state index contributed by atoms with van der Waals surface area (Å²) >= 11 is 5.76. The molecule has 0 amide bonds. The Hall–Kier alpha value is -0.900. The molecule has 1 aliphatic carbocycles. The van der Waals surface area contributed by atoms with Crippen molar-refractivity contribution in [3.8, 4) is 0 Å². The molecule has 2 aliphatic rings. The lowest BCUT2D eigenvalue weighted by atomic mass is 9.73. The first kappa shape index (κ1) is 12.2. The second-order valence-corrected chi connectivity index (χ2v) is 5.88. The van der Waals surface area contributed by atoms with Crippen LogP contribution in [-0.2, 0) is 0 Å². The molecule has 1 aromatic heterocycles. The Labute approximate surface area is 111 Å². The van der Waals surface area contributed by atoms with Crippen LogP contribution in [0.25, 0.3) is 0 Å². The van der Waals surface area contributed by atoms with Gasteiger partial charge in [-0.1, -0.05) is 19.3 Å². The summed E-state index contributed by atoms with van der Waals surface area (Å²) in [6, 6.07) is 0. The van der Waals surface area contributed by atoms with Crippen LogP contribution < -0.4 is 4.90 Å². The van der Waals surface area contributed by atoms with Crippen LogP contribution in [0.4, 0.5) is 10.2 Å². The maximum absolute atomic E-state index is 13.8. The number of nitrogens with zero attached hydrogens (tertiary/aromatic N) is 3. The van der Waals surface area contributed by atoms with Crippen molar-refractivity contribution in [2.45, 2.75) is 38.5 Å². The Morgan fingerprint density at radius 1 is 1.22 bits per heavy atom. The molecule has 0 radical (unpaired) electrons. The second kappa shape index (κ2) is 4.65. The minimum absolute atomic E-state index is 0.121. The molecule has 98 valence electrons. The fourth-order valence-corrected chi connectivity index (χ4v) is 3.51. The lowest BCUT2D eigenvalue weighted by Gasteiger charge is -2.33. The minimum Gasteiger partial charge on any atom is -0.353 e. The van der Waals surface area contributed by atoms with Crippen LogP contribution in [0.2, 0.25) is 5.28 Å². The largest absolute Gasteiger partial charge is 0.353 e. The van der Waals surface area contributed by atoms with E-state index >= 15 is 0 Å². The van der Waals surface area contributed by atoms with Crippen LogP contribution in [0, 0.1) is 11.2 Å². The van der Waals surface area contributed by atoms with E-state index in [1.807, 2.05) is 4.90 Å². The Balaban J connectivity index is 1.80. The molecule has 1 saturated heterocycles. The third-order valence-corrected chi connectivity index (χ3v) is 4.53. The third kappa shape index (κ3) is 2.18. The van der Waals surface area contributed by atoms with Gasteiger partial charge in [-0.05, 0) is 36.3 Å². The van der Waals surface area contributed by atoms with E-state index in [1.54, 1.807) is 0 Å². The van der Waals surface area contributed by atoms with Crippen LogP contribution in [0.15, 0.2) is 6.20 Å². The Morgan fingerprint density at radius 3 is 2.78 bits per heavy atom. The van der Waals surface area contributed by atoms with E-state index in [1.165, 1.54) is 32.1 Å². The van der Waals surface area contributed by atoms with Crippen LogP contribution in [0.5, 0.6) is 0 Å². The molecule has 0 atom stereocenters. The van der Waals surface area contributed by atoms with Crippen molar-refractivity contribution in [2.75, 3.05) is 18.0 Å². The quantitative estimate of drug-likeness (QED) is 0.732. The number of rotatable bonds is 1. The van der Waals surface area contributed by atoms with Crippen molar-refractivity contribution >= 4 is 17.4 Å². The zero-order valence-electron chi connectivity index (χ0n) is 10.3. The van der Waals surface area contributed by atoms with Gasteiger partial charge in [-0.15, -0.1) is 0 Å². The summed E-state index contributed by atoms with van der Waals surface area (Å²) in [6.07, 6.45) is 8.80. The molecule has 3 rings (SSSR count). The van der Waals surface area contributed by atoms with E-state index in [-0.39, 0.29) is 11.1 Å². The van der Waals surface area contributed by atoms with E-state index in [0.29, 0.717) is 11.2 Å². The molecular weight excluding hydrogens is 253 g/mol. The predicted octanol–water partition coefficient (Wildman–Crippen LogP) is 3.43. The number of hydrogen-bond acceptors (Lipinski definition) is 3. The molecule has 0 unspecified atom stereocenters. The zero-order chi connectivity index (χ0) is 12.6. The first-order valence-corrected chi connectivity index (χ1v) is 6.99. The van der Waals surface area contributed by atoms with Gasteiger partial charge < -0.3 is 4.90 Å². The van der Waals surface area contributed by atoms with E-state index in [0.717, 1.165) is 25.7 Å². The van der Waals surface area contributed by atoms with Crippen LogP contribution in [0.1, 0.15) is 38.5 Å². The first-order valence-electron chi connectivity index (χ1n) is 6.62. The smallest absolute Gasteiger partial charge is 0.224 e. The molecule has 0 N–H and O–H groups in total. The van der Waals surface area contributed by atoms with Crippen molar-refractivity contribution in [3.05, 3.63) is 17.3 Å². The average Bonchev–Trinajstić information content (AvgIpc) is 2.77. The van der Waals surface area contributed by atoms with Gasteiger partial charge in [0, 0.05) is 13.1 Å². The maximum Gasteiger partial charge on any atom is 0.224 e. The van der Waals surface area contributed by atoms with Gasteiger partial charge in [0.1, 0.15) is 0 Å². The van der Waals surface area contributed by atoms with Gasteiger partial charge in [0.05, 0.1) is 6.20 Å². The monoisotopic (exact) mass is 269 g/mol. The van der Waals surface area contributed by atoms with E-state index < -0.39 is 0 Å². The highest BCUT2D eigenvalue weighted by molar-refractivity contribution is 6.28. The molecule has 1 spiro atoms. The summed E-state index contributed by atoms with van der Waals surface area (Å²) in [6.45, 7) is 1.79. The molecule has 1 aliphatic heterocycles. The molecular formula is C13H17ClFN3. The van der Waals surface area contributed by atoms with Gasteiger partial charge in [0.25, 0.3) is 0 Å². The predicted molar refractivity (Wildman–Crippen MR) is 69.3 cm³/mol. The first-order chi connectivity index (χ1) is 8.69. The average molecular weight is 270 g/mol. The summed E-state index contributed by atoms with van der Waals surface area (Å²) < 4.78 is 13.8. The van der Waals surface area contributed by atoms with E-state index in [9.17, 15) is 4.39 Å². The zero-order valence-corrected chi connectivity index (χ0v) is 11.1. The fourth-order valence-electron chi connectivity index (χ4n) is 3.38. The molecule has 1 saturated carbocycles. The molecule has 1 aromatic rings. The van der Waals surface area contributed by atoms with E-state index in [2.05, 4.69) is 9.97 Å². The fraction of sp³-hybridized carbons (Fsp3) is 0.692. The van der Waals surface area contributed by atoms with Gasteiger partial charge in [-0.2, -0.15) is 4.98 Å². The summed E-state index contributed by atoms with van der Waals surface area (Å²) in [4.78, 5) is 9.74. The molecule has 0 aromatic carbocycles. The summed E-state index contributed by atoms with van der Waals surface area (Å²) in [5, 5.41) is 0.121. The van der Waals surface area contributed by atoms with Crippen LogP contribution >= 0.6 is 11.6 Å². The van der Waals surface area contributed by atoms with Gasteiger partial charge in [-0.25, -0.2) is 9.37 Å². The summed E-state index contributed by atoms with van der Waals surface area (Å²) in [7, 11) is 0. The molecule has 18 heavy (non-hydrogen) atoms. The maximum atomic E-state index is 13.8. The summed E-state index contributed by atoms with van der Waals surface area (Å²) in [5.41, 5.74) is 0.391. The number of hydrogen-bond donors (Lipinski definition) is 0. The minimum atomic E-state index is -0.368. The highest BCUT2D eigenvalue weighted by Gasteiger charge is 2.39. The van der Waals surface area contributed by atoms with Crippen LogP contribution in [0.3, 0.4) is 0 Å². The second-order valence-electron chi connectivity index (χ2n) is 5.54. The molecule has 5 heteroatoms. The molecule has 3 nitrogen and oxygen atoms in total. The van der Waals surface area contributed by atoms with Crippen molar-refractivity contribution < 1.29 is 4.39 Å². The van der Waals surface area contributed by atoms with Gasteiger partial charge in [0.15, 0.2) is 11.6 Å². The SMILES string of the molecule is Fc1cnc(Cl)nc1N1CCC2(CCCCC2)C1. The Morgan fingerprint density at radius 2 is 2.00 bits per heavy atom. The van der Waals surface area contributed by atoms with Crippen molar-refractivity contribution in [1.29, 1.82) is 0 Å². The highest BCUT2D eigenvalue weighted by Crippen LogP contribution is 2.44. The standard InChI is InChI=1S/C13H17ClFN3/c14-12-16-8-10(15)11(17-12)18-7-6-13(9-18)4-2-1-3-5-13/h8H,1-7,9H2. The van der Waals surface area contributed by atoms with Gasteiger partial charge >= 0.3 is 0 Å². The van der Waals surface area contributed by atoms with Gasteiger partial charge in [-0.3, -0.25) is 0 Å². The Bertz CT molecular complexity index is 446. The van der Waals surface area contributed by atoms with Crippen molar-refractivity contribution in [3.63, 3.8) is 0 Å². The van der Waals surface area contributed by atoms with Crippen molar-refractivity contribution in [1.82, 2.24) is 9.97 Å². The molecule has 2 heterocycles. The lowest BCUT2D eigenvalue weighted by molar-refractivity contribution is 0.219. The topological polar surface area (TPSA) is 29.0 Å². The summed E-state index contributed by atoms with van der Waals surface area (Å²) in [5.74, 6) is 0.00436. The van der Waals surface area contributed by atoms with Gasteiger partial charge in [0.2, 0.25) is 5.28 Å². The normalized spacial score (nSPS) is 22.7. The lowest BCUT2D eigenvalue weighted by Crippen LogP contribution is -2.30. The number of anilines is 1. The van der Waals surface area contributed by atoms with E-state index in [4.69, 9.17) is 11.6 Å². The van der Waals surface area contributed by atoms with Crippen LogP contribution in [-0.4, -0.2) is 23.1 Å². The molecule has 2 fully saturated rings. The highest BCUT2D eigenvalue weighted by atomic mass is 35.5. The molecule has 0 bridgehead atoms. The van der Waals surface area contributed by atoms with Crippen molar-refractivity contribution in [2.24, 2.45) is 5.41 Å². The Kier molecular flexibility index (Phi) is 3.14. The third-order valence-electron chi connectivity index (χ3n) is 4.35. The number of aromatic nitrogens is 2.